The van der Waals surface area contributed by atoms with E-state index in [1.54, 1.807) is 18.2 Å². The van der Waals surface area contributed by atoms with Crippen molar-refractivity contribution in [1.29, 1.82) is 0 Å². The van der Waals surface area contributed by atoms with Crippen molar-refractivity contribution in [3.63, 3.8) is 0 Å². The van der Waals surface area contributed by atoms with E-state index in [1.165, 1.54) is 13.3 Å². The van der Waals surface area contributed by atoms with Crippen LogP contribution in [0, 0.1) is 0 Å². The van der Waals surface area contributed by atoms with Gasteiger partial charge in [-0.2, -0.15) is 0 Å². The number of carbonyl (C=O) groups is 2. The number of amides is 1. The number of carbonyl (C=O) groups excluding carboxylic acids is 2. The van der Waals surface area contributed by atoms with Gasteiger partial charge in [-0.1, -0.05) is 28.6 Å². The van der Waals surface area contributed by atoms with Crippen LogP contribution in [-0.2, 0) is 9.53 Å². The molecule has 0 aliphatic rings. The minimum Gasteiger partial charge on any atom is -0.467 e. The summed E-state index contributed by atoms with van der Waals surface area (Å²) in [6, 6.07) is 4.18. The van der Waals surface area contributed by atoms with Gasteiger partial charge in [-0.3, -0.25) is 9.78 Å². The molecule has 0 spiro atoms. The quantitative estimate of drug-likeness (QED) is 0.839. The van der Waals surface area contributed by atoms with E-state index in [4.69, 9.17) is 0 Å². The third-order valence-corrected chi connectivity index (χ3v) is 2.44. The van der Waals surface area contributed by atoms with Crippen LogP contribution in [0.3, 0.4) is 0 Å². The zero-order valence-corrected chi connectivity index (χ0v) is 11.4. The van der Waals surface area contributed by atoms with Crippen molar-refractivity contribution < 1.29 is 14.3 Å². The zero-order chi connectivity index (χ0) is 13.5. The Hall–Kier alpha value is -1.69. The van der Waals surface area contributed by atoms with Crippen molar-refractivity contribution in [3.8, 4) is 0 Å². The molecule has 6 heteroatoms. The van der Waals surface area contributed by atoms with Gasteiger partial charge >= 0.3 is 5.97 Å². The van der Waals surface area contributed by atoms with Crippen LogP contribution in [0.5, 0.6) is 0 Å². The van der Waals surface area contributed by atoms with Crippen molar-refractivity contribution in [3.05, 3.63) is 41.2 Å². The molecule has 1 amide bonds. The summed E-state index contributed by atoms with van der Waals surface area (Å²) in [5.41, 5.74) is 0.242. The molecule has 0 aliphatic heterocycles. The average molecular weight is 313 g/mol. The van der Waals surface area contributed by atoms with Gasteiger partial charge in [-0.15, -0.1) is 0 Å². The number of hydrogen-bond donors (Lipinski definition) is 1. The first kappa shape index (κ1) is 14.4. The number of esters is 1. The van der Waals surface area contributed by atoms with Gasteiger partial charge in [0.2, 0.25) is 0 Å². The van der Waals surface area contributed by atoms with Crippen molar-refractivity contribution >= 4 is 27.8 Å². The van der Waals surface area contributed by atoms with Crippen molar-refractivity contribution in [2.75, 3.05) is 7.11 Å². The maximum atomic E-state index is 11.8. The lowest BCUT2D eigenvalue weighted by Gasteiger charge is -2.15. The topological polar surface area (TPSA) is 68.3 Å². The second-order valence-electron chi connectivity index (χ2n) is 3.49. The van der Waals surface area contributed by atoms with E-state index in [0.717, 1.165) is 0 Å². The number of aromatic nitrogens is 1. The predicted molar refractivity (Wildman–Crippen MR) is 70.2 cm³/mol. The average Bonchev–Trinajstić information content (AvgIpc) is 2.37. The van der Waals surface area contributed by atoms with Gasteiger partial charge in [0.25, 0.3) is 5.91 Å². The zero-order valence-electron chi connectivity index (χ0n) is 9.85. The molecule has 96 valence electrons. The van der Waals surface area contributed by atoms with Crippen LogP contribution in [-0.4, -0.2) is 30.0 Å². The van der Waals surface area contributed by atoms with Gasteiger partial charge < -0.3 is 10.1 Å². The molecule has 1 atom stereocenters. The van der Waals surface area contributed by atoms with Crippen LogP contribution in [0.25, 0.3) is 0 Å². The fraction of sp³-hybridized carbons (Fsp3) is 0.250. The summed E-state index contributed by atoms with van der Waals surface area (Å²) in [6.45, 7) is 3.63. The van der Waals surface area contributed by atoms with Crippen LogP contribution in [0.4, 0.5) is 0 Å². The van der Waals surface area contributed by atoms with E-state index in [2.05, 4.69) is 37.5 Å². The summed E-state index contributed by atoms with van der Waals surface area (Å²) in [4.78, 5) is 27.2. The maximum Gasteiger partial charge on any atom is 0.328 e. The Labute approximate surface area is 113 Å². The van der Waals surface area contributed by atoms with Crippen LogP contribution >= 0.6 is 15.9 Å². The first-order valence-corrected chi connectivity index (χ1v) is 5.97. The summed E-state index contributed by atoms with van der Waals surface area (Å²) in [7, 11) is 1.26. The predicted octanol–water partition coefficient (Wildman–Crippen LogP) is 1.65. The summed E-state index contributed by atoms with van der Waals surface area (Å²) in [5.74, 6) is -0.959. The first-order chi connectivity index (χ1) is 8.54. The molecule has 1 N–H and O–H groups in total. The molecule has 0 aliphatic carbocycles. The largest absolute Gasteiger partial charge is 0.467 e. The van der Waals surface area contributed by atoms with E-state index in [-0.39, 0.29) is 12.1 Å². The number of nitrogens with one attached hydrogen (secondary N) is 1. The van der Waals surface area contributed by atoms with Crippen LogP contribution in [0.2, 0.25) is 0 Å². The lowest BCUT2D eigenvalue weighted by molar-refractivity contribution is -0.142. The summed E-state index contributed by atoms with van der Waals surface area (Å²) >= 11 is 3.15. The number of methoxy groups -OCH3 is 1. The van der Waals surface area contributed by atoms with Crippen LogP contribution in [0.15, 0.2) is 35.5 Å². The molecule has 0 bridgehead atoms. The minimum atomic E-state index is -0.781. The number of pyridine rings is 1. The van der Waals surface area contributed by atoms with Gasteiger partial charge in [-0.05, 0) is 16.6 Å². The normalized spacial score (nSPS) is 11.4. The fourth-order valence-electron chi connectivity index (χ4n) is 1.29. The highest BCUT2D eigenvalue weighted by molar-refractivity contribution is 9.11. The highest BCUT2D eigenvalue weighted by Crippen LogP contribution is 2.11. The Morgan fingerprint density at radius 1 is 1.56 bits per heavy atom. The third-order valence-electron chi connectivity index (χ3n) is 2.11. The standard InChI is InChI=1S/C12H13BrN2O3/c1-8(13)7-10(12(17)18-2)15-11(16)9-5-3-4-6-14-9/h3-6,10H,1,7H2,2H3,(H,15,16)/t10-/m0/s1. The molecular weight excluding hydrogens is 300 g/mol. The van der Waals surface area contributed by atoms with E-state index >= 15 is 0 Å². The fourth-order valence-corrected chi connectivity index (χ4v) is 1.61. The molecule has 1 aromatic rings. The van der Waals surface area contributed by atoms with Crippen LogP contribution in [0.1, 0.15) is 16.9 Å². The van der Waals surface area contributed by atoms with E-state index in [1.807, 2.05) is 0 Å². The molecule has 0 saturated heterocycles. The highest BCUT2D eigenvalue weighted by atomic mass is 79.9. The number of ether oxygens (including phenoxy) is 1. The van der Waals surface area contributed by atoms with Crippen LogP contribution < -0.4 is 5.32 Å². The third kappa shape index (κ3) is 4.29. The summed E-state index contributed by atoms with van der Waals surface area (Å²) in [6.07, 6.45) is 1.76. The molecule has 1 heterocycles. The van der Waals surface area contributed by atoms with Crippen molar-refractivity contribution in [2.24, 2.45) is 0 Å². The molecule has 5 nitrogen and oxygen atoms in total. The maximum absolute atomic E-state index is 11.8. The van der Waals surface area contributed by atoms with Crippen molar-refractivity contribution in [2.45, 2.75) is 12.5 Å². The molecule has 0 fully saturated rings. The molecule has 0 saturated carbocycles. The number of halogens is 1. The van der Waals surface area contributed by atoms with E-state index < -0.39 is 17.9 Å². The molecule has 1 aromatic heterocycles. The Morgan fingerprint density at radius 3 is 2.78 bits per heavy atom. The lowest BCUT2D eigenvalue weighted by atomic mass is 10.2. The Morgan fingerprint density at radius 2 is 2.28 bits per heavy atom. The molecule has 1 rings (SSSR count). The molecule has 0 radical (unpaired) electrons. The Balaban J connectivity index is 2.74. The monoisotopic (exact) mass is 312 g/mol. The smallest absolute Gasteiger partial charge is 0.328 e. The van der Waals surface area contributed by atoms with Gasteiger partial charge in [0.1, 0.15) is 11.7 Å². The minimum absolute atomic E-state index is 0.242. The van der Waals surface area contributed by atoms with Gasteiger partial charge in [-0.25, -0.2) is 4.79 Å². The lowest BCUT2D eigenvalue weighted by Crippen LogP contribution is -2.41. The summed E-state index contributed by atoms with van der Waals surface area (Å²) in [5, 5.41) is 2.55. The van der Waals surface area contributed by atoms with Gasteiger partial charge in [0, 0.05) is 12.6 Å². The second-order valence-corrected chi connectivity index (χ2v) is 4.61. The molecule has 18 heavy (non-hydrogen) atoms. The van der Waals surface area contributed by atoms with Gasteiger partial charge in [0.05, 0.1) is 7.11 Å². The Bertz CT molecular complexity index is 448. The number of hydrogen-bond acceptors (Lipinski definition) is 4. The molecule has 0 aromatic carbocycles. The number of nitrogens with zero attached hydrogens (tertiary/aromatic N) is 1. The highest BCUT2D eigenvalue weighted by Gasteiger charge is 2.22. The van der Waals surface area contributed by atoms with Gasteiger partial charge in [0.15, 0.2) is 0 Å². The van der Waals surface area contributed by atoms with E-state index in [9.17, 15) is 9.59 Å². The van der Waals surface area contributed by atoms with E-state index in [0.29, 0.717) is 4.48 Å². The number of rotatable bonds is 5. The second kappa shape index (κ2) is 6.90. The molecule has 0 unspecified atom stereocenters. The first-order valence-electron chi connectivity index (χ1n) is 5.17. The van der Waals surface area contributed by atoms with Crippen molar-refractivity contribution in [1.82, 2.24) is 10.3 Å². The molecular formula is C12H13BrN2O3. The Kier molecular flexibility index (Phi) is 5.51. The summed E-state index contributed by atoms with van der Waals surface area (Å²) < 4.78 is 5.21. The SMILES string of the molecule is C=C(Br)C[C@H](NC(=O)c1ccccn1)C(=O)OC.